The van der Waals surface area contributed by atoms with Crippen molar-refractivity contribution in [2.45, 2.75) is 19.4 Å². The molecule has 16 heavy (non-hydrogen) atoms. The standard InChI is InChI=1S/C12H12N2O2/c1-2-16-12(15)11-6-9-4-3-8(7-13)5-10(9)14-11/h3-5,11,14H,2,6H2,1H3. The molecule has 0 radical (unpaired) electrons. The highest BCUT2D eigenvalue weighted by Gasteiger charge is 2.27. The first-order chi connectivity index (χ1) is 7.74. The van der Waals surface area contributed by atoms with Gasteiger partial charge in [0.25, 0.3) is 0 Å². The Morgan fingerprint density at radius 2 is 2.50 bits per heavy atom. The molecule has 1 aliphatic rings. The fourth-order valence-corrected chi connectivity index (χ4v) is 1.80. The number of ether oxygens (including phenoxy) is 1. The van der Waals surface area contributed by atoms with Crippen LogP contribution in [0.3, 0.4) is 0 Å². The molecule has 1 aromatic carbocycles. The number of carbonyl (C=O) groups is 1. The molecular formula is C12H12N2O2. The fraction of sp³-hybridized carbons (Fsp3) is 0.333. The van der Waals surface area contributed by atoms with E-state index in [0.29, 0.717) is 18.6 Å². The number of fused-ring (bicyclic) bond motifs is 1. The van der Waals surface area contributed by atoms with E-state index in [1.807, 2.05) is 6.07 Å². The summed E-state index contributed by atoms with van der Waals surface area (Å²) in [6.45, 7) is 2.17. The van der Waals surface area contributed by atoms with Gasteiger partial charge in [-0.2, -0.15) is 5.26 Å². The van der Waals surface area contributed by atoms with Crippen LogP contribution in [0.4, 0.5) is 5.69 Å². The second-order valence-corrected chi connectivity index (χ2v) is 3.64. The maximum atomic E-state index is 11.5. The van der Waals surface area contributed by atoms with Gasteiger partial charge in [0.15, 0.2) is 0 Å². The Kier molecular flexibility index (Phi) is 2.78. The molecule has 82 valence electrons. The maximum absolute atomic E-state index is 11.5. The van der Waals surface area contributed by atoms with E-state index in [0.717, 1.165) is 11.3 Å². The first kappa shape index (κ1) is 10.5. The van der Waals surface area contributed by atoms with Crippen molar-refractivity contribution < 1.29 is 9.53 Å². The molecule has 1 aliphatic heterocycles. The SMILES string of the molecule is CCOC(=O)C1Cc2ccc(C#N)cc2N1. The van der Waals surface area contributed by atoms with E-state index < -0.39 is 0 Å². The molecule has 0 aromatic heterocycles. The lowest BCUT2D eigenvalue weighted by Crippen LogP contribution is -2.28. The quantitative estimate of drug-likeness (QED) is 0.760. The van der Waals surface area contributed by atoms with Crippen LogP contribution in [-0.4, -0.2) is 18.6 Å². The van der Waals surface area contributed by atoms with Crippen molar-refractivity contribution >= 4 is 11.7 Å². The number of carbonyl (C=O) groups excluding carboxylic acids is 1. The average Bonchev–Trinajstić information content (AvgIpc) is 2.71. The number of esters is 1. The van der Waals surface area contributed by atoms with E-state index in [2.05, 4.69) is 11.4 Å². The number of nitriles is 1. The zero-order chi connectivity index (χ0) is 11.5. The molecule has 4 heteroatoms. The Balaban J connectivity index is 2.15. The molecule has 2 rings (SSSR count). The first-order valence-electron chi connectivity index (χ1n) is 5.20. The summed E-state index contributed by atoms with van der Waals surface area (Å²) in [6.07, 6.45) is 0.625. The van der Waals surface area contributed by atoms with Crippen LogP contribution in [0.1, 0.15) is 18.1 Å². The number of benzene rings is 1. The molecule has 1 N–H and O–H groups in total. The van der Waals surface area contributed by atoms with Gasteiger partial charge in [0.1, 0.15) is 6.04 Å². The molecule has 1 aromatic rings. The second kappa shape index (κ2) is 4.23. The van der Waals surface area contributed by atoms with Crippen LogP contribution in [0.5, 0.6) is 0 Å². The molecular weight excluding hydrogens is 204 g/mol. The summed E-state index contributed by atoms with van der Waals surface area (Å²) < 4.78 is 4.95. The minimum atomic E-state index is -0.316. The zero-order valence-electron chi connectivity index (χ0n) is 8.99. The van der Waals surface area contributed by atoms with Gasteiger partial charge in [-0.05, 0) is 24.6 Å². The zero-order valence-corrected chi connectivity index (χ0v) is 8.99. The molecule has 1 atom stereocenters. The van der Waals surface area contributed by atoms with E-state index in [1.54, 1.807) is 19.1 Å². The smallest absolute Gasteiger partial charge is 0.328 e. The van der Waals surface area contributed by atoms with Gasteiger partial charge in [0.05, 0.1) is 18.2 Å². The van der Waals surface area contributed by atoms with Crippen molar-refractivity contribution in [2.75, 3.05) is 11.9 Å². The predicted octanol–water partition coefficient (Wildman–Crippen LogP) is 1.46. The summed E-state index contributed by atoms with van der Waals surface area (Å²) in [7, 11) is 0. The highest BCUT2D eigenvalue weighted by Crippen LogP contribution is 2.27. The molecule has 4 nitrogen and oxygen atoms in total. The monoisotopic (exact) mass is 216 g/mol. The molecule has 1 heterocycles. The number of nitrogens with zero attached hydrogens (tertiary/aromatic N) is 1. The Bertz CT molecular complexity index is 463. The maximum Gasteiger partial charge on any atom is 0.328 e. The summed E-state index contributed by atoms with van der Waals surface area (Å²) in [5.41, 5.74) is 2.50. The minimum absolute atomic E-state index is 0.239. The predicted molar refractivity (Wildman–Crippen MR) is 58.9 cm³/mol. The van der Waals surface area contributed by atoms with Crippen molar-refractivity contribution in [3.8, 4) is 6.07 Å². The Morgan fingerprint density at radius 1 is 1.69 bits per heavy atom. The highest BCUT2D eigenvalue weighted by atomic mass is 16.5. The molecule has 1 unspecified atom stereocenters. The largest absolute Gasteiger partial charge is 0.464 e. The van der Waals surface area contributed by atoms with Crippen LogP contribution in [0.25, 0.3) is 0 Å². The molecule has 0 saturated carbocycles. The van der Waals surface area contributed by atoms with Crippen LogP contribution >= 0.6 is 0 Å². The number of anilines is 1. The van der Waals surface area contributed by atoms with Crippen LogP contribution < -0.4 is 5.32 Å². The van der Waals surface area contributed by atoms with E-state index in [4.69, 9.17) is 10.00 Å². The van der Waals surface area contributed by atoms with Crippen molar-refractivity contribution in [1.29, 1.82) is 5.26 Å². The van der Waals surface area contributed by atoms with Gasteiger partial charge >= 0.3 is 5.97 Å². The third-order valence-corrected chi connectivity index (χ3v) is 2.56. The van der Waals surface area contributed by atoms with Crippen molar-refractivity contribution in [1.82, 2.24) is 0 Å². The number of hydrogen-bond acceptors (Lipinski definition) is 4. The molecule has 0 saturated heterocycles. The van der Waals surface area contributed by atoms with E-state index in [1.165, 1.54) is 0 Å². The topological polar surface area (TPSA) is 62.1 Å². The molecule has 0 spiro atoms. The lowest BCUT2D eigenvalue weighted by Gasteiger charge is -2.09. The van der Waals surface area contributed by atoms with Gasteiger partial charge in [-0.3, -0.25) is 0 Å². The van der Waals surface area contributed by atoms with E-state index in [-0.39, 0.29) is 12.0 Å². The summed E-state index contributed by atoms with van der Waals surface area (Å²) in [5, 5.41) is 11.8. The highest BCUT2D eigenvalue weighted by molar-refractivity contribution is 5.83. The molecule has 0 amide bonds. The third kappa shape index (κ3) is 1.84. The molecule has 0 fully saturated rings. The Labute approximate surface area is 93.8 Å². The van der Waals surface area contributed by atoms with E-state index >= 15 is 0 Å². The van der Waals surface area contributed by atoms with Crippen LogP contribution in [0, 0.1) is 11.3 Å². The Hall–Kier alpha value is -2.02. The lowest BCUT2D eigenvalue weighted by molar-refractivity contribution is -0.143. The summed E-state index contributed by atoms with van der Waals surface area (Å²) in [5.74, 6) is -0.239. The van der Waals surface area contributed by atoms with Gasteiger partial charge < -0.3 is 10.1 Å². The van der Waals surface area contributed by atoms with Gasteiger partial charge in [-0.1, -0.05) is 6.07 Å². The van der Waals surface area contributed by atoms with Gasteiger partial charge in [-0.15, -0.1) is 0 Å². The lowest BCUT2D eigenvalue weighted by atomic mass is 10.1. The van der Waals surface area contributed by atoms with Crippen LogP contribution in [-0.2, 0) is 16.0 Å². The fourth-order valence-electron chi connectivity index (χ4n) is 1.80. The van der Waals surface area contributed by atoms with Crippen molar-refractivity contribution in [2.24, 2.45) is 0 Å². The van der Waals surface area contributed by atoms with Crippen molar-refractivity contribution in [3.63, 3.8) is 0 Å². The summed E-state index contributed by atoms with van der Waals surface area (Å²) >= 11 is 0. The average molecular weight is 216 g/mol. The third-order valence-electron chi connectivity index (χ3n) is 2.56. The van der Waals surface area contributed by atoms with Crippen molar-refractivity contribution in [3.05, 3.63) is 29.3 Å². The van der Waals surface area contributed by atoms with Gasteiger partial charge in [0.2, 0.25) is 0 Å². The number of nitrogens with one attached hydrogen (secondary N) is 1. The van der Waals surface area contributed by atoms with Crippen LogP contribution in [0.2, 0.25) is 0 Å². The second-order valence-electron chi connectivity index (χ2n) is 3.64. The van der Waals surface area contributed by atoms with E-state index in [9.17, 15) is 4.79 Å². The van der Waals surface area contributed by atoms with Gasteiger partial charge in [-0.25, -0.2) is 4.79 Å². The number of rotatable bonds is 2. The molecule has 0 bridgehead atoms. The normalized spacial score (nSPS) is 17.1. The van der Waals surface area contributed by atoms with Crippen LogP contribution in [0.15, 0.2) is 18.2 Å². The summed E-state index contributed by atoms with van der Waals surface area (Å²) in [6, 6.07) is 7.15. The number of hydrogen-bond donors (Lipinski definition) is 1. The summed E-state index contributed by atoms with van der Waals surface area (Å²) in [4.78, 5) is 11.5. The van der Waals surface area contributed by atoms with Gasteiger partial charge in [0, 0.05) is 12.1 Å². The minimum Gasteiger partial charge on any atom is -0.464 e. The first-order valence-corrected chi connectivity index (χ1v) is 5.20. The Morgan fingerprint density at radius 3 is 3.19 bits per heavy atom. The molecule has 0 aliphatic carbocycles.